The van der Waals surface area contributed by atoms with Gasteiger partial charge < -0.3 is 19.7 Å². The van der Waals surface area contributed by atoms with Crippen LogP contribution in [-0.2, 0) is 0 Å². The van der Waals surface area contributed by atoms with Crippen molar-refractivity contribution < 1.29 is 24.5 Å². The summed E-state index contributed by atoms with van der Waals surface area (Å²) in [5.41, 5.74) is 0.123. The van der Waals surface area contributed by atoms with Crippen molar-refractivity contribution in [2.24, 2.45) is 0 Å². The maximum absolute atomic E-state index is 11.0. The third-order valence-corrected chi connectivity index (χ3v) is 2.48. The lowest BCUT2D eigenvalue weighted by Crippen LogP contribution is -2.05. The zero-order valence-electron chi connectivity index (χ0n) is 10.4. The summed E-state index contributed by atoms with van der Waals surface area (Å²) in [6, 6.07) is 4.61. The second-order valence-corrected chi connectivity index (χ2v) is 3.80. The number of methoxy groups -OCH3 is 1. The van der Waals surface area contributed by atoms with Gasteiger partial charge in [-0.25, -0.2) is 4.79 Å². The van der Waals surface area contributed by atoms with Gasteiger partial charge in [-0.2, -0.15) is 0 Å². The Morgan fingerprint density at radius 1 is 1.28 bits per heavy atom. The summed E-state index contributed by atoms with van der Waals surface area (Å²) >= 11 is 0. The van der Waals surface area contributed by atoms with E-state index >= 15 is 0 Å². The second kappa shape index (κ2) is 7.55. The molecule has 0 fully saturated rings. The maximum atomic E-state index is 11.0. The summed E-state index contributed by atoms with van der Waals surface area (Å²) in [5.74, 6) is -0.154. The molecule has 0 aromatic heterocycles. The fourth-order valence-corrected chi connectivity index (χ4v) is 1.50. The van der Waals surface area contributed by atoms with Crippen LogP contribution >= 0.6 is 0 Å². The predicted octanol–water partition coefficient (Wildman–Crippen LogP) is 1.93. The number of benzene rings is 1. The van der Waals surface area contributed by atoms with E-state index < -0.39 is 5.97 Å². The van der Waals surface area contributed by atoms with Gasteiger partial charge in [-0.3, -0.25) is 0 Å². The smallest absolute Gasteiger partial charge is 0.339 e. The average Bonchev–Trinajstić information content (AvgIpc) is 2.38. The number of rotatable bonds is 8. The molecule has 0 aliphatic carbocycles. The highest BCUT2D eigenvalue weighted by Gasteiger charge is 2.12. The molecular weight excluding hydrogens is 236 g/mol. The van der Waals surface area contributed by atoms with E-state index in [-0.39, 0.29) is 12.2 Å². The molecule has 1 aromatic carbocycles. The van der Waals surface area contributed by atoms with Crippen LogP contribution in [0.2, 0.25) is 0 Å². The monoisotopic (exact) mass is 254 g/mol. The molecule has 5 nitrogen and oxygen atoms in total. The molecule has 5 heteroatoms. The summed E-state index contributed by atoms with van der Waals surface area (Å²) in [4.78, 5) is 11.0. The lowest BCUT2D eigenvalue weighted by atomic mass is 10.2. The second-order valence-electron chi connectivity index (χ2n) is 3.80. The molecule has 18 heavy (non-hydrogen) atoms. The summed E-state index contributed by atoms with van der Waals surface area (Å²) in [6.45, 7) is 0.590. The Hall–Kier alpha value is -1.75. The van der Waals surface area contributed by atoms with Gasteiger partial charge in [0, 0.05) is 12.7 Å². The van der Waals surface area contributed by atoms with E-state index in [9.17, 15) is 4.79 Å². The molecular formula is C13H18O5. The highest BCUT2D eigenvalue weighted by molar-refractivity contribution is 5.91. The van der Waals surface area contributed by atoms with E-state index in [2.05, 4.69) is 0 Å². The first kappa shape index (κ1) is 14.3. The fraction of sp³-hybridized carbons (Fsp3) is 0.462. The van der Waals surface area contributed by atoms with E-state index in [1.807, 2.05) is 0 Å². The van der Waals surface area contributed by atoms with Gasteiger partial charge in [0.15, 0.2) is 0 Å². The van der Waals surface area contributed by atoms with Gasteiger partial charge in [0.05, 0.1) is 13.7 Å². The van der Waals surface area contributed by atoms with E-state index in [0.29, 0.717) is 18.1 Å². The maximum Gasteiger partial charge on any atom is 0.339 e. The predicted molar refractivity (Wildman–Crippen MR) is 66.4 cm³/mol. The molecule has 2 N–H and O–H groups in total. The molecule has 0 spiro atoms. The average molecular weight is 254 g/mol. The third kappa shape index (κ3) is 4.25. The van der Waals surface area contributed by atoms with E-state index in [1.54, 1.807) is 12.1 Å². The number of hydrogen-bond acceptors (Lipinski definition) is 4. The van der Waals surface area contributed by atoms with Crippen molar-refractivity contribution in [3.8, 4) is 11.5 Å². The molecule has 1 rings (SSSR count). The Labute approximate surface area is 106 Å². The van der Waals surface area contributed by atoms with Gasteiger partial charge in [0.1, 0.15) is 17.1 Å². The molecule has 100 valence electrons. The number of unbranched alkanes of at least 4 members (excludes halogenated alkanes) is 2. The highest BCUT2D eigenvalue weighted by atomic mass is 16.5. The summed E-state index contributed by atoms with van der Waals surface area (Å²) in [7, 11) is 1.51. The van der Waals surface area contributed by atoms with E-state index in [1.165, 1.54) is 13.2 Å². The van der Waals surface area contributed by atoms with Crippen molar-refractivity contribution >= 4 is 5.97 Å². The summed E-state index contributed by atoms with van der Waals surface area (Å²) < 4.78 is 10.5. The molecule has 0 heterocycles. The number of carboxylic acid groups (broad SMARTS) is 1. The Morgan fingerprint density at radius 3 is 2.67 bits per heavy atom. The molecule has 0 saturated heterocycles. The largest absolute Gasteiger partial charge is 0.497 e. The van der Waals surface area contributed by atoms with Crippen molar-refractivity contribution in [1.82, 2.24) is 0 Å². The fourth-order valence-electron chi connectivity index (χ4n) is 1.50. The Balaban J connectivity index is 2.63. The number of carboxylic acids is 1. The van der Waals surface area contributed by atoms with Crippen LogP contribution in [-0.4, -0.2) is 36.5 Å². The minimum atomic E-state index is -1.02. The van der Waals surface area contributed by atoms with Crippen LogP contribution in [0.5, 0.6) is 11.5 Å². The number of hydrogen-bond donors (Lipinski definition) is 2. The quantitative estimate of drug-likeness (QED) is 0.693. The van der Waals surface area contributed by atoms with Crippen LogP contribution in [0, 0.1) is 0 Å². The van der Waals surface area contributed by atoms with Crippen molar-refractivity contribution in [2.45, 2.75) is 19.3 Å². The number of aliphatic hydroxyl groups excluding tert-OH is 1. The minimum absolute atomic E-state index is 0.123. The molecule has 0 saturated carbocycles. The van der Waals surface area contributed by atoms with Crippen molar-refractivity contribution in [3.05, 3.63) is 23.8 Å². The van der Waals surface area contributed by atoms with Crippen LogP contribution < -0.4 is 9.47 Å². The van der Waals surface area contributed by atoms with Crippen molar-refractivity contribution in [1.29, 1.82) is 0 Å². The normalized spacial score (nSPS) is 10.1. The van der Waals surface area contributed by atoms with Gasteiger partial charge in [-0.15, -0.1) is 0 Å². The lowest BCUT2D eigenvalue weighted by molar-refractivity contribution is 0.0692. The van der Waals surface area contributed by atoms with Gasteiger partial charge in [-0.1, -0.05) is 0 Å². The molecule has 0 bridgehead atoms. The van der Waals surface area contributed by atoms with Crippen molar-refractivity contribution in [3.63, 3.8) is 0 Å². The first-order valence-corrected chi connectivity index (χ1v) is 5.84. The van der Waals surface area contributed by atoms with Crippen LogP contribution in [0.3, 0.4) is 0 Å². The first-order chi connectivity index (χ1) is 8.69. The Morgan fingerprint density at radius 2 is 2.06 bits per heavy atom. The number of aromatic carboxylic acids is 1. The highest BCUT2D eigenvalue weighted by Crippen LogP contribution is 2.25. The number of aliphatic hydroxyl groups is 1. The zero-order valence-corrected chi connectivity index (χ0v) is 10.4. The molecule has 0 unspecified atom stereocenters. The zero-order chi connectivity index (χ0) is 13.4. The summed E-state index contributed by atoms with van der Waals surface area (Å²) in [6.07, 6.45) is 2.35. The molecule has 0 amide bonds. The van der Waals surface area contributed by atoms with Crippen LogP contribution in [0.1, 0.15) is 29.6 Å². The Kier molecular flexibility index (Phi) is 6.00. The molecule has 0 aliphatic heterocycles. The van der Waals surface area contributed by atoms with E-state index in [0.717, 1.165) is 19.3 Å². The third-order valence-electron chi connectivity index (χ3n) is 2.48. The topological polar surface area (TPSA) is 76.0 Å². The molecule has 1 aromatic rings. The van der Waals surface area contributed by atoms with Crippen molar-refractivity contribution in [2.75, 3.05) is 20.3 Å². The SMILES string of the molecule is COc1ccc(C(=O)O)c(OCCCCCO)c1. The van der Waals surface area contributed by atoms with Gasteiger partial charge in [0.2, 0.25) is 0 Å². The standard InChI is InChI=1S/C13H18O5/c1-17-10-5-6-11(13(15)16)12(9-10)18-8-4-2-3-7-14/h5-6,9,14H,2-4,7-8H2,1H3,(H,15,16). The minimum Gasteiger partial charge on any atom is -0.497 e. The number of carbonyl (C=O) groups is 1. The van der Waals surface area contributed by atoms with Gasteiger partial charge in [-0.05, 0) is 31.4 Å². The van der Waals surface area contributed by atoms with Crippen LogP contribution in [0.4, 0.5) is 0 Å². The van der Waals surface area contributed by atoms with Crippen LogP contribution in [0.25, 0.3) is 0 Å². The number of ether oxygens (including phenoxy) is 2. The van der Waals surface area contributed by atoms with Gasteiger partial charge in [0.25, 0.3) is 0 Å². The first-order valence-electron chi connectivity index (χ1n) is 5.84. The van der Waals surface area contributed by atoms with Crippen LogP contribution in [0.15, 0.2) is 18.2 Å². The Bertz CT molecular complexity index is 389. The molecule has 0 atom stereocenters. The van der Waals surface area contributed by atoms with E-state index in [4.69, 9.17) is 19.7 Å². The molecule has 0 aliphatic rings. The molecule has 0 radical (unpaired) electrons. The lowest BCUT2D eigenvalue weighted by Gasteiger charge is -2.10. The summed E-state index contributed by atoms with van der Waals surface area (Å²) in [5, 5.41) is 17.6. The van der Waals surface area contributed by atoms with Gasteiger partial charge >= 0.3 is 5.97 Å².